The van der Waals surface area contributed by atoms with Crippen molar-refractivity contribution >= 4 is 46.6 Å². The quantitative estimate of drug-likeness (QED) is 0.341. The van der Waals surface area contributed by atoms with E-state index in [0.717, 1.165) is 6.26 Å². The van der Waals surface area contributed by atoms with E-state index in [0.29, 0.717) is 38.0 Å². The van der Waals surface area contributed by atoms with Crippen molar-refractivity contribution in [2.75, 3.05) is 0 Å². The van der Waals surface area contributed by atoms with Crippen LogP contribution in [0.4, 0.5) is 4.39 Å². The Morgan fingerprint density at radius 2 is 1.87 bits per heavy atom. The molecular formula is C20H11Cl3FN3O3S. The summed E-state index contributed by atoms with van der Waals surface area (Å²) >= 11 is 19.6. The topological polar surface area (TPSA) is 81.2 Å². The number of halogens is 4. The maximum Gasteiger partial charge on any atom is 0.226 e. The Hall–Kier alpha value is -2.52. The van der Waals surface area contributed by atoms with E-state index in [9.17, 15) is 14.3 Å². The van der Waals surface area contributed by atoms with Crippen molar-refractivity contribution in [3.8, 4) is 22.8 Å². The highest BCUT2D eigenvalue weighted by Gasteiger charge is 2.20. The highest BCUT2D eigenvalue weighted by molar-refractivity contribution is 7.98. The number of aromatic nitrogens is 3. The minimum Gasteiger partial charge on any atom is -0.502 e. The van der Waals surface area contributed by atoms with Crippen LogP contribution in [0.15, 0.2) is 63.1 Å². The van der Waals surface area contributed by atoms with E-state index < -0.39 is 17.0 Å². The fourth-order valence-corrected chi connectivity index (χ4v) is 4.23. The molecular weight excluding hydrogens is 488 g/mol. The largest absolute Gasteiger partial charge is 0.502 e. The summed E-state index contributed by atoms with van der Waals surface area (Å²) in [5, 5.41) is 19.0. The summed E-state index contributed by atoms with van der Waals surface area (Å²) < 4.78 is 20.6. The highest BCUT2D eigenvalue weighted by atomic mass is 35.5. The van der Waals surface area contributed by atoms with Gasteiger partial charge in [0, 0.05) is 16.7 Å². The number of benzene rings is 2. The number of rotatable bonds is 5. The molecule has 0 aliphatic carbocycles. The first-order chi connectivity index (χ1) is 14.8. The maximum absolute atomic E-state index is 13.7. The second kappa shape index (κ2) is 8.92. The molecule has 11 heteroatoms. The van der Waals surface area contributed by atoms with Gasteiger partial charge in [0.1, 0.15) is 17.8 Å². The molecule has 4 aromatic rings. The lowest BCUT2D eigenvalue weighted by Gasteiger charge is -2.12. The van der Waals surface area contributed by atoms with Gasteiger partial charge in [-0.1, -0.05) is 46.6 Å². The van der Waals surface area contributed by atoms with Crippen molar-refractivity contribution in [3.05, 3.63) is 85.6 Å². The number of nitrogens with zero attached hydrogens (tertiary/aromatic N) is 3. The molecule has 4 rings (SSSR count). The van der Waals surface area contributed by atoms with Gasteiger partial charge in [0.2, 0.25) is 5.43 Å². The first-order valence-corrected chi connectivity index (χ1v) is 10.7. The van der Waals surface area contributed by atoms with Gasteiger partial charge in [-0.15, -0.1) is 10.2 Å². The molecule has 2 heterocycles. The molecule has 0 spiro atoms. The molecule has 0 bridgehead atoms. The van der Waals surface area contributed by atoms with Crippen molar-refractivity contribution < 1.29 is 13.9 Å². The molecule has 0 saturated carbocycles. The average molecular weight is 499 g/mol. The Kier molecular flexibility index (Phi) is 6.24. The Bertz CT molecular complexity index is 1340. The molecule has 0 fully saturated rings. The summed E-state index contributed by atoms with van der Waals surface area (Å²) in [6.07, 6.45) is 0.974. The Morgan fingerprint density at radius 1 is 1.06 bits per heavy atom. The van der Waals surface area contributed by atoms with Crippen LogP contribution < -0.4 is 5.43 Å². The van der Waals surface area contributed by atoms with Gasteiger partial charge in [-0.05, 0) is 36.4 Å². The molecule has 0 aliphatic rings. The summed E-state index contributed by atoms with van der Waals surface area (Å²) in [6.45, 7) is 0. The first-order valence-electron chi connectivity index (χ1n) is 8.63. The molecule has 0 aliphatic heterocycles. The van der Waals surface area contributed by atoms with E-state index in [-0.39, 0.29) is 10.8 Å². The van der Waals surface area contributed by atoms with Crippen molar-refractivity contribution in [1.29, 1.82) is 0 Å². The average Bonchev–Trinajstić information content (AvgIpc) is 3.14. The van der Waals surface area contributed by atoms with E-state index in [1.165, 1.54) is 36.0 Å². The van der Waals surface area contributed by atoms with Crippen LogP contribution in [0.1, 0.15) is 5.76 Å². The van der Waals surface area contributed by atoms with Gasteiger partial charge in [0.25, 0.3) is 0 Å². The standard InChI is InChI=1S/C20H11Cl3FN3O3S/c21-10-1-3-13(14(22)5-10)19-25-26-20(27(19)11-2-4-16(24)15(23)6-11)31-9-12-7-17(28)18(29)8-30-12/h1-8,29H,9H2. The fourth-order valence-electron chi connectivity index (χ4n) is 2.72. The summed E-state index contributed by atoms with van der Waals surface area (Å²) in [5.74, 6) is -0.108. The Morgan fingerprint density at radius 3 is 2.58 bits per heavy atom. The second-order valence-electron chi connectivity index (χ2n) is 6.25. The molecule has 6 nitrogen and oxygen atoms in total. The lowest BCUT2D eigenvalue weighted by Crippen LogP contribution is -2.02. The van der Waals surface area contributed by atoms with Crippen LogP contribution >= 0.6 is 46.6 Å². The van der Waals surface area contributed by atoms with E-state index in [4.69, 9.17) is 39.2 Å². The van der Waals surface area contributed by atoms with Gasteiger partial charge in [0.15, 0.2) is 16.7 Å². The van der Waals surface area contributed by atoms with Crippen LogP contribution in [0, 0.1) is 5.82 Å². The molecule has 0 amide bonds. The summed E-state index contributed by atoms with van der Waals surface area (Å²) in [4.78, 5) is 11.6. The van der Waals surface area contributed by atoms with Gasteiger partial charge < -0.3 is 9.52 Å². The van der Waals surface area contributed by atoms with Crippen LogP contribution in [-0.4, -0.2) is 19.9 Å². The van der Waals surface area contributed by atoms with Crippen molar-refractivity contribution in [2.45, 2.75) is 10.9 Å². The van der Waals surface area contributed by atoms with Crippen LogP contribution in [-0.2, 0) is 5.75 Å². The zero-order valence-corrected chi connectivity index (χ0v) is 18.4. The van der Waals surface area contributed by atoms with E-state index >= 15 is 0 Å². The number of thioether (sulfide) groups is 1. The van der Waals surface area contributed by atoms with E-state index in [1.54, 1.807) is 22.8 Å². The third-order valence-electron chi connectivity index (χ3n) is 4.18. The van der Waals surface area contributed by atoms with E-state index in [1.807, 2.05) is 0 Å². The lowest BCUT2D eigenvalue weighted by atomic mass is 10.2. The van der Waals surface area contributed by atoms with Crippen LogP contribution in [0.25, 0.3) is 17.1 Å². The molecule has 31 heavy (non-hydrogen) atoms. The van der Waals surface area contributed by atoms with Gasteiger partial charge in [0.05, 0.1) is 21.5 Å². The van der Waals surface area contributed by atoms with Crippen molar-refractivity contribution in [3.63, 3.8) is 0 Å². The number of hydrogen-bond acceptors (Lipinski definition) is 6. The zero-order chi connectivity index (χ0) is 22.1. The van der Waals surface area contributed by atoms with E-state index in [2.05, 4.69) is 10.2 Å². The van der Waals surface area contributed by atoms with Crippen LogP contribution in [0.5, 0.6) is 5.75 Å². The monoisotopic (exact) mass is 497 g/mol. The number of hydrogen-bond donors (Lipinski definition) is 1. The van der Waals surface area contributed by atoms with Crippen molar-refractivity contribution in [2.24, 2.45) is 0 Å². The Balaban J connectivity index is 1.79. The molecule has 158 valence electrons. The zero-order valence-electron chi connectivity index (χ0n) is 15.4. The van der Waals surface area contributed by atoms with Gasteiger partial charge in [-0.3, -0.25) is 9.36 Å². The van der Waals surface area contributed by atoms with Crippen molar-refractivity contribution in [1.82, 2.24) is 14.8 Å². The predicted octanol–water partition coefficient (Wildman–Crippen LogP) is 5.98. The van der Waals surface area contributed by atoms with Crippen LogP contribution in [0.2, 0.25) is 15.1 Å². The second-order valence-corrected chi connectivity index (χ2v) is 8.44. The summed E-state index contributed by atoms with van der Waals surface area (Å²) in [7, 11) is 0. The Labute approximate surface area is 194 Å². The molecule has 2 aromatic carbocycles. The molecule has 0 atom stereocenters. The van der Waals surface area contributed by atoms with Gasteiger partial charge in [-0.25, -0.2) is 4.39 Å². The minimum absolute atomic E-state index is 0.0696. The SMILES string of the molecule is O=c1cc(CSc2nnc(-c3ccc(Cl)cc3Cl)n2-c2ccc(F)c(Cl)c2)occ1O. The fraction of sp³-hybridized carbons (Fsp3) is 0.0500. The smallest absolute Gasteiger partial charge is 0.226 e. The lowest BCUT2D eigenvalue weighted by molar-refractivity contribution is 0.419. The molecule has 0 saturated heterocycles. The molecule has 0 unspecified atom stereocenters. The number of aromatic hydroxyl groups is 1. The van der Waals surface area contributed by atoms with Gasteiger partial charge >= 0.3 is 0 Å². The molecule has 1 N–H and O–H groups in total. The molecule has 0 radical (unpaired) electrons. The van der Waals surface area contributed by atoms with Gasteiger partial charge in [-0.2, -0.15) is 0 Å². The normalized spacial score (nSPS) is 11.1. The third kappa shape index (κ3) is 4.57. The first kappa shape index (κ1) is 21.7. The minimum atomic E-state index is -0.565. The summed E-state index contributed by atoms with van der Waals surface area (Å²) in [6, 6.07) is 10.3. The summed E-state index contributed by atoms with van der Waals surface area (Å²) in [5.41, 5.74) is 0.511. The maximum atomic E-state index is 13.7. The third-order valence-corrected chi connectivity index (χ3v) is 5.97. The molecule has 2 aromatic heterocycles. The predicted molar refractivity (Wildman–Crippen MR) is 118 cm³/mol. The highest BCUT2D eigenvalue weighted by Crippen LogP contribution is 2.35. The van der Waals surface area contributed by atoms with Crippen LogP contribution in [0.3, 0.4) is 0 Å².